The Labute approximate surface area is 70.0 Å². The summed E-state index contributed by atoms with van der Waals surface area (Å²) in [5.41, 5.74) is 1.37. The Bertz CT molecular complexity index is 155. The molecule has 1 aliphatic carbocycles. The molecule has 1 fully saturated rings. The summed E-state index contributed by atoms with van der Waals surface area (Å²) >= 11 is 0. The second kappa shape index (κ2) is 3.75. The Hall–Kier alpha value is -0.520. The number of allylic oxidation sites excluding steroid dienone is 2. The first-order valence-corrected chi connectivity index (χ1v) is 4.52. The van der Waals surface area contributed by atoms with Crippen LogP contribution in [0.25, 0.3) is 0 Å². The van der Waals surface area contributed by atoms with Gasteiger partial charge in [0.05, 0.1) is 0 Å². The van der Waals surface area contributed by atoms with Crippen LogP contribution < -0.4 is 0 Å². The van der Waals surface area contributed by atoms with E-state index in [1.807, 2.05) is 6.08 Å². The van der Waals surface area contributed by atoms with Crippen LogP contribution in [-0.4, -0.2) is 0 Å². The van der Waals surface area contributed by atoms with E-state index < -0.39 is 0 Å². The molecular weight excluding hydrogens is 132 g/mol. The van der Waals surface area contributed by atoms with Crippen LogP contribution >= 0.6 is 0 Å². The van der Waals surface area contributed by atoms with Gasteiger partial charge < -0.3 is 0 Å². The monoisotopic (exact) mass is 150 g/mol. The molecule has 0 nitrogen and oxygen atoms in total. The Morgan fingerprint density at radius 3 is 2.82 bits per heavy atom. The SMILES string of the molecule is C=CC[C@H]1CCC[C@@H]1C(=C)C. The van der Waals surface area contributed by atoms with Crippen molar-refractivity contribution in [2.24, 2.45) is 11.8 Å². The predicted octanol–water partition coefficient (Wildman–Crippen LogP) is 3.55. The topological polar surface area (TPSA) is 0 Å². The average Bonchev–Trinajstić information content (AvgIpc) is 2.36. The van der Waals surface area contributed by atoms with Gasteiger partial charge in [-0.3, -0.25) is 0 Å². The second-order valence-corrected chi connectivity index (χ2v) is 3.67. The molecule has 0 aromatic heterocycles. The third-order valence-corrected chi connectivity index (χ3v) is 2.76. The largest absolute Gasteiger partial charge is 0.103 e. The smallest absolute Gasteiger partial charge is 0.0177 e. The van der Waals surface area contributed by atoms with Crippen LogP contribution in [0.2, 0.25) is 0 Å². The minimum atomic E-state index is 0.785. The maximum absolute atomic E-state index is 4.04. The first-order valence-electron chi connectivity index (χ1n) is 4.52. The molecule has 0 aromatic carbocycles. The van der Waals surface area contributed by atoms with Crippen molar-refractivity contribution in [3.05, 3.63) is 24.8 Å². The lowest BCUT2D eigenvalue weighted by Crippen LogP contribution is -2.07. The Balaban J connectivity index is 2.50. The van der Waals surface area contributed by atoms with Gasteiger partial charge in [-0.25, -0.2) is 0 Å². The average molecular weight is 150 g/mol. The summed E-state index contributed by atoms with van der Waals surface area (Å²) in [5, 5.41) is 0. The van der Waals surface area contributed by atoms with E-state index in [1.54, 1.807) is 0 Å². The summed E-state index contributed by atoms with van der Waals surface area (Å²) in [5.74, 6) is 1.64. The summed E-state index contributed by atoms with van der Waals surface area (Å²) in [7, 11) is 0. The van der Waals surface area contributed by atoms with Crippen molar-refractivity contribution in [3.8, 4) is 0 Å². The highest BCUT2D eigenvalue weighted by Gasteiger charge is 2.25. The highest BCUT2D eigenvalue weighted by atomic mass is 14.3. The molecule has 1 rings (SSSR count). The zero-order valence-corrected chi connectivity index (χ0v) is 7.47. The maximum Gasteiger partial charge on any atom is -0.0177 e. The normalized spacial score (nSPS) is 30.3. The number of hydrogen-bond donors (Lipinski definition) is 0. The number of hydrogen-bond acceptors (Lipinski definition) is 0. The number of rotatable bonds is 3. The van der Waals surface area contributed by atoms with E-state index in [0.29, 0.717) is 0 Å². The molecule has 0 radical (unpaired) electrons. The fraction of sp³-hybridized carbons (Fsp3) is 0.636. The lowest BCUT2D eigenvalue weighted by Gasteiger charge is -2.17. The van der Waals surface area contributed by atoms with Crippen molar-refractivity contribution in [1.82, 2.24) is 0 Å². The fourth-order valence-corrected chi connectivity index (χ4v) is 2.18. The first kappa shape index (κ1) is 8.58. The molecule has 0 heterocycles. The highest BCUT2D eigenvalue weighted by Crippen LogP contribution is 2.37. The van der Waals surface area contributed by atoms with Gasteiger partial charge >= 0.3 is 0 Å². The van der Waals surface area contributed by atoms with Crippen molar-refractivity contribution >= 4 is 0 Å². The molecule has 0 aliphatic heterocycles. The second-order valence-electron chi connectivity index (χ2n) is 3.67. The van der Waals surface area contributed by atoms with E-state index in [1.165, 1.54) is 31.3 Å². The van der Waals surface area contributed by atoms with Gasteiger partial charge in [0.25, 0.3) is 0 Å². The molecule has 0 amide bonds. The molecule has 1 saturated carbocycles. The molecule has 0 spiro atoms. The Morgan fingerprint density at radius 2 is 2.27 bits per heavy atom. The van der Waals surface area contributed by atoms with Crippen LogP contribution in [-0.2, 0) is 0 Å². The first-order chi connectivity index (χ1) is 5.25. The van der Waals surface area contributed by atoms with Gasteiger partial charge in [0, 0.05) is 0 Å². The van der Waals surface area contributed by atoms with E-state index in [2.05, 4.69) is 20.1 Å². The molecule has 1 aliphatic rings. The molecule has 0 heteroatoms. The zero-order chi connectivity index (χ0) is 8.27. The lowest BCUT2D eigenvalue weighted by molar-refractivity contribution is 0.445. The molecule has 0 saturated heterocycles. The summed E-state index contributed by atoms with van der Waals surface area (Å²) in [6, 6.07) is 0. The third kappa shape index (κ3) is 1.95. The van der Waals surface area contributed by atoms with Gasteiger partial charge in [0.15, 0.2) is 0 Å². The van der Waals surface area contributed by atoms with Gasteiger partial charge in [0.1, 0.15) is 0 Å². The molecule has 0 unspecified atom stereocenters. The van der Waals surface area contributed by atoms with Crippen LogP contribution in [0.3, 0.4) is 0 Å². The third-order valence-electron chi connectivity index (χ3n) is 2.76. The molecular formula is C11H18. The molecule has 11 heavy (non-hydrogen) atoms. The van der Waals surface area contributed by atoms with E-state index in [0.717, 1.165) is 11.8 Å². The quantitative estimate of drug-likeness (QED) is 0.540. The van der Waals surface area contributed by atoms with Crippen LogP contribution in [0.4, 0.5) is 0 Å². The van der Waals surface area contributed by atoms with Gasteiger partial charge in [-0.2, -0.15) is 0 Å². The molecule has 2 atom stereocenters. The van der Waals surface area contributed by atoms with Crippen molar-refractivity contribution in [2.45, 2.75) is 32.6 Å². The van der Waals surface area contributed by atoms with E-state index in [4.69, 9.17) is 0 Å². The summed E-state index contributed by atoms with van der Waals surface area (Å²) in [6.07, 6.45) is 7.34. The molecule has 0 bridgehead atoms. The van der Waals surface area contributed by atoms with Crippen LogP contribution in [0, 0.1) is 11.8 Å². The zero-order valence-electron chi connectivity index (χ0n) is 7.47. The molecule has 0 aromatic rings. The van der Waals surface area contributed by atoms with E-state index >= 15 is 0 Å². The van der Waals surface area contributed by atoms with Crippen LogP contribution in [0.1, 0.15) is 32.6 Å². The van der Waals surface area contributed by atoms with Crippen molar-refractivity contribution in [3.63, 3.8) is 0 Å². The van der Waals surface area contributed by atoms with Crippen LogP contribution in [0.15, 0.2) is 24.8 Å². The Morgan fingerprint density at radius 1 is 1.55 bits per heavy atom. The van der Waals surface area contributed by atoms with Crippen molar-refractivity contribution in [2.75, 3.05) is 0 Å². The highest BCUT2D eigenvalue weighted by molar-refractivity contribution is 5.02. The van der Waals surface area contributed by atoms with E-state index in [-0.39, 0.29) is 0 Å². The summed E-state index contributed by atoms with van der Waals surface area (Å²) in [6.45, 7) is 9.98. The fourth-order valence-electron chi connectivity index (χ4n) is 2.18. The van der Waals surface area contributed by atoms with Crippen LogP contribution in [0.5, 0.6) is 0 Å². The minimum absolute atomic E-state index is 0.785. The molecule has 62 valence electrons. The van der Waals surface area contributed by atoms with Gasteiger partial charge in [-0.15, -0.1) is 6.58 Å². The summed E-state index contributed by atoms with van der Waals surface area (Å²) in [4.78, 5) is 0. The minimum Gasteiger partial charge on any atom is -0.103 e. The lowest BCUT2D eigenvalue weighted by atomic mass is 9.88. The van der Waals surface area contributed by atoms with Crippen molar-refractivity contribution < 1.29 is 0 Å². The van der Waals surface area contributed by atoms with Gasteiger partial charge in [-0.1, -0.05) is 24.6 Å². The van der Waals surface area contributed by atoms with Crippen molar-refractivity contribution in [1.29, 1.82) is 0 Å². The Kier molecular flexibility index (Phi) is 2.92. The molecule has 0 N–H and O–H groups in total. The van der Waals surface area contributed by atoms with Gasteiger partial charge in [-0.05, 0) is 38.0 Å². The van der Waals surface area contributed by atoms with E-state index in [9.17, 15) is 0 Å². The van der Waals surface area contributed by atoms with Gasteiger partial charge in [0.2, 0.25) is 0 Å². The maximum atomic E-state index is 4.04. The predicted molar refractivity (Wildman–Crippen MR) is 50.5 cm³/mol. The summed E-state index contributed by atoms with van der Waals surface area (Å²) < 4.78 is 0. The standard InChI is InChI=1S/C11H18/c1-4-6-10-7-5-8-11(10)9(2)3/h4,10-11H,1-2,5-8H2,3H3/t10-,11+/m0/s1.